The summed E-state index contributed by atoms with van der Waals surface area (Å²) in [5, 5.41) is 4.18. The van der Waals surface area contributed by atoms with Gasteiger partial charge in [0.05, 0.1) is 5.39 Å². The predicted octanol–water partition coefficient (Wildman–Crippen LogP) is 2.42. The monoisotopic (exact) mass is 294 g/mol. The summed E-state index contributed by atoms with van der Waals surface area (Å²) >= 11 is 0. The van der Waals surface area contributed by atoms with Crippen molar-refractivity contribution < 1.29 is 0 Å². The molecule has 3 aromatic rings. The third-order valence-corrected chi connectivity index (χ3v) is 3.75. The number of rotatable bonds is 3. The second-order valence-electron chi connectivity index (χ2n) is 5.24. The Morgan fingerprint density at radius 3 is 2.64 bits per heavy atom. The fourth-order valence-corrected chi connectivity index (χ4v) is 2.47. The number of anilines is 3. The highest BCUT2D eigenvalue weighted by atomic mass is 15.1. The molecule has 0 fully saturated rings. The molecule has 22 heavy (non-hydrogen) atoms. The highest BCUT2D eigenvalue weighted by Gasteiger charge is 2.11. The standard InChI is InChI=1S/C16H18N6/c1-9-5-3-4-6-12(9)19-7-11-8-20-15-13(10(11)2)14(17)21-16(18)22-15/h3-6,8,19H,7H2,1-2H3,(H4,17,18,20,21,22). The van der Waals surface area contributed by atoms with Crippen LogP contribution in [0.1, 0.15) is 16.7 Å². The van der Waals surface area contributed by atoms with Gasteiger partial charge in [0.25, 0.3) is 0 Å². The number of nitrogens with one attached hydrogen (secondary N) is 1. The van der Waals surface area contributed by atoms with E-state index in [4.69, 9.17) is 11.5 Å². The molecule has 3 rings (SSSR count). The Bertz CT molecular complexity index is 843. The Morgan fingerprint density at radius 2 is 1.86 bits per heavy atom. The smallest absolute Gasteiger partial charge is 0.224 e. The van der Waals surface area contributed by atoms with Crippen molar-refractivity contribution in [2.45, 2.75) is 20.4 Å². The molecule has 0 bridgehead atoms. The van der Waals surface area contributed by atoms with E-state index in [0.717, 1.165) is 22.2 Å². The zero-order chi connectivity index (χ0) is 15.7. The van der Waals surface area contributed by atoms with Crippen LogP contribution >= 0.6 is 0 Å². The van der Waals surface area contributed by atoms with Crippen LogP contribution in [0, 0.1) is 13.8 Å². The number of nitrogen functional groups attached to an aromatic ring is 2. The lowest BCUT2D eigenvalue weighted by atomic mass is 10.1. The van der Waals surface area contributed by atoms with Crippen molar-refractivity contribution in [2.75, 3.05) is 16.8 Å². The summed E-state index contributed by atoms with van der Waals surface area (Å²) in [5.41, 5.74) is 16.5. The van der Waals surface area contributed by atoms with Gasteiger partial charge in [0.2, 0.25) is 5.95 Å². The number of aromatic nitrogens is 3. The van der Waals surface area contributed by atoms with Crippen molar-refractivity contribution in [3.8, 4) is 0 Å². The van der Waals surface area contributed by atoms with E-state index in [9.17, 15) is 0 Å². The molecule has 0 amide bonds. The lowest BCUT2D eigenvalue weighted by Gasteiger charge is -2.13. The minimum atomic E-state index is 0.141. The maximum Gasteiger partial charge on any atom is 0.224 e. The summed E-state index contributed by atoms with van der Waals surface area (Å²) in [6.45, 7) is 4.72. The average Bonchev–Trinajstić information content (AvgIpc) is 2.47. The van der Waals surface area contributed by atoms with Gasteiger partial charge in [-0.05, 0) is 36.6 Å². The molecule has 0 aliphatic rings. The second kappa shape index (κ2) is 5.48. The van der Waals surface area contributed by atoms with Crippen LogP contribution in [0.4, 0.5) is 17.5 Å². The molecule has 112 valence electrons. The molecule has 2 aromatic heterocycles. The fourth-order valence-electron chi connectivity index (χ4n) is 2.47. The van der Waals surface area contributed by atoms with Crippen LogP contribution in [0.15, 0.2) is 30.5 Å². The molecule has 5 N–H and O–H groups in total. The van der Waals surface area contributed by atoms with Crippen LogP contribution in [0.5, 0.6) is 0 Å². The second-order valence-corrected chi connectivity index (χ2v) is 5.24. The molecule has 0 saturated carbocycles. The molecule has 0 radical (unpaired) electrons. The molecule has 1 aromatic carbocycles. The number of hydrogen-bond donors (Lipinski definition) is 3. The largest absolute Gasteiger partial charge is 0.383 e. The topological polar surface area (TPSA) is 103 Å². The van der Waals surface area contributed by atoms with Crippen LogP contribution in [0.3, 0.4) is 0 Å². The molecule has 0 aliphatic heterocycles. The summed E-state index contributed by atoms with van der Waals surface area (Å²) in [7, 11) is 0. The van der Waals surface area contributed by atoms with Crippen LogP contribution in [0.2, 0.25) is 0 Å². The Kier molecular flexibility index (Phi) is 3.50. The normalized spacial score (nSPS) is 10.8. The van der Waals surface area contributed by atoms with Crippen LogP contribution < -0.4 is 16.8 Å². The van der Waals surface area contributed by atoms with Gasteiger partial charge in [-0.2, -0.15) is 9.97 Å². The minimum absolute atomic E-state index is 0.141. The van der Waals surface area contributed by atoms with Crippen molar-refractivity contribution in [3.05, 3.63) is 47.2 Å². The summed E-state index contributed by atoms with van der Waals surface area (Å²) in [5.74, 6) is 0.507. The lowest BCUT2D eigenvalue weighted by molar-refractivity contribution is 1.08. The van der Waals surface area contributed by atoms with E-state index in [1.165, 1.54) is 5.56 Å². The van der Waals surface area contributed by atoms with Crippen molar-refractivity contribution in [2.24, 2.45) is 0 Å². The SMILES string of the molecule is Cc1ccccc1NCc1cnc2nc(N)nc(N)c2c1C. The van der Waals surface area contributed by atoms with E-state index in [-0.39, 0.29) is 5.95 Å². The number of pyridine rings is 1. The van der Waals surface area contributed by atoms with Crippen LogP contribution in [-0.2, 0) is 6.54 Å². The first-order valence-electron chi connectivity index (χ1n) is 7.03. The van der Waals surface area contributed by atoms with Gasteiger partial charge in [-0.25, -0.2) is 4.98 Å². The molecule has 0 spiro atoms. The molecule has 0 saturated heterocycles. The Morgan fingerprint density at radius 1 is 1.09 bits per heavy atom. The zero-order valence-electron chi connectivity index (χ0n) is 12.6. The molecule has 0 aliphatic carbocycles. The highest BCUT2D eigenvalue weighted by Crippen LogP contribution is 2.24. The van der Waals surface area contributed by atoms with Crippen molar-refractivity contribution in [1.29, 1.82) is 0 Å². The fraction of sp³-hybridized carbons (Fsp3) is 0.188. The first-order chi connectivity index (χ1) is 10.6. The molecule has 2 heterocycles. The average molecular weight is 294 g/mol. The maximum absolute atomic E-state index is 5.97. The van der Waals surface area contributed by atoms with Gasteiger partial charge >= 0.3 is 0 Å². The van der Waals surface area contributed by atoms with E-state index < -0.39 is 0 Å². The van der Waals surface area contributed by atoms with E-state index >= 15 is 0 Å². The first-order valence-corrected chi connectivity index (χ1v) is 7.03. The molecular formula is C16H18N6. The number of hydrogen-bond acceptors (Lipinski definition) is 6. The van der Waals surface area contributed by atoms with E-state index in [1.807, 2.05) is 19.1 Å². The minimum Gasteiger partial charge on any atom is -0.383 e. The van der Waals surface area contributed by atoms with Crippen LogP contribution in [-0.4, -0.2) is 15.0 Å². The van der Waals surface area contributed by atoms with Gasteiger partial charge in [0.15, 0.2) is 5.65 Å². The first kappa shape index (κ1) is 14.1. The van der Waals surface area contributed by atoms with Gasteiger partial charge in [-0.15, -0.1) is 0 Å². The lowest BCUT2D eigenvalue weighted by Crippen LogP contribution is -2.07. The van der Waals surface area contributed by atoms with E-state index in [1.54, 1.807) is 6.20 Å². The van der Waals surface area contributed by atoms with Gasteiger partial charge in [-0.1, -0.05) is 18.2 Å². The number of nitrogens with zero attached hydrogens (tertiary/aromatic N) is 3. The highest BCUT2D eigenvalue weighted by molar-refractivity contribution is 5.89. The Labute approximate surface area is 128 Å². The number of fused-ring (bicyclic) bond motifs is 1. The van der Waals surface area contributed by atoms with E-state index in [0.29, 0.717) is 18.0 Å². The summed E-state index contributed by atoms with van der Waals surface area (Å²) in [6.07, 6.45) is 1.80. The maximum atomic E-state index is 5.97. The van der Waals surface area contributed by atoms with Gasteiger partial charge in [0.1, 0.15) is 5.82 Å². The van der Waals surface area contributed by atoms with Crippen molar-refractivity contribution in [1.82, 2.24) is 15.0 Å². The molecule has 0 atom stereocenters. The van der Waals surface area contributed by atoms with Crippen molar-refractivity contribution >= 4 is 28.5 Å². The quantitative estimate of drug-likeness (QED) is 0.685. The molecule has 6 heteroatoms. The van der Waals surface area contributed by atoms with Gasteiger partial charge in [-0.3, -0.25) is 0 Å². The van der Waals surface area contributed by atoms with Crippen molar-refractivity contribution in [3.63, 3.8) is 0 Å². The van der Waals surface area contributed by atoms with E-state index in [2.05, 4.69) is 39.3 Å². The summed E-state index contributed by atoms with van der Waals surface area (Å²) in [4.78, 5) is 12.5. The third-order valence-electron chi connectivity index (χ3n) is 3.75. The number of benzene rings is 1. The molecule has 6 nitrogen and oxygen atoms in total. The number of para-hydroxylation sites is 1. The number of aryl methyl sites for hydroxylation is 2. The summed E-state index contributed by atoms with van der Waals surface area (Å²) < 4.78 is 0. The zero-order valence-corrected chi connectivity index (χ0v) is 12.6. The van der Waals surface area contributed by atoms with Gasteiger partial charge < -0.3 is 16.8 Å². The van der Waals surface area contributed by atoms with Crippen LogP contribution in [0.25, 0.3) is 11.0 Å². The van der Waals surface area contributed by atoms with Gasteiger partial charge in [0, 0.05) is 18.4 Å². The molecular weight excluding hydrogens is 276 g/mol. The Hall–Kier alpha value is -2.89. The predicted molar refractivity (Wildman–Crippen MR) is 89.4 cm³/mol. The molecule has 0 unspecified atom stereocenters. The summed E-state index contributed by atoms with van der Waals surface area (Å²) in [6, 6.07) is 8.15. The Balaban J connectivity index is 1.95. The number of nitrogens with two attached hydrogens (primary N) is 2. The third kappa shape index (κ3) is 2.50.